The molecule has 0 saturated carbocycles. The monoisotopic (exact) mass is 320 g/mol. The number of carboxylic acid groups (broad SMARTS) is 1. The number of hydrogen-bond donors (Lipinski definition) is 0. The number of rotatable bonds is 4. The molecule has 0 spiro atoms. The van der Waals surface area contributed by atoms with Crippen LogP contribution in [0.2, 0.25) is 0 Å². The molecule has 2 heterocycles. The molecule has 0 amide bonds. The van der Waals surface area contributed by atoms with Crippen LogP contribution in [0.25, 0.3) is 16.2 Å². The van der Waals surface area contributed by atoms with E-state index in [0.29, 0.717) is 16.2 Å². The Labute approximate surface area is 127 Å². The molecule has 0 bridgehead atoms. The van der Waals surface area contributed by atoms with Crippen LogP contribution in [0.5, 0.6) is 0 Å². The number of aromatic nitrogens is 3. The number of carboxylic acids is 1. The first kappa shape index (κ1) is 13.9. The van der Waals surface area contributed by atoms with Crippen molar-refractivity contribution in [2.24, 2.45) is 0 Å². The maximum Gasteiger partial charge on any atom is 0.335 e. The molecule has 2 aromatic heterocycles. The smallest absolute Gasteiger partial charge is 0.335 e. The number of thioether (sulfide) groups is 1. The average Bonchev–Trinajstić information content (AvgIpc) is 3.03. The zero-order valence-corrected chi connectivity index (χ0v) is 12.6. The standard InChI is InChI=1S/C13H11N3O3S2/c1-20-10-7-21-12(14-10)16-9-5-3-2-4-8(9)15(13(16)19)6-11(17)18/h2-5,7H,6H2,1H3,(H,17,18)/p-1. The number of para-hydroxylation sites is 2. The van der Waals surface area contributed by atoms with Gasteiger partial charge in [-0.2, -0.15) is 0 Å². The third-order valence-corrected chi connectivity index (χ3v) is 4.60. The number of benzene rings is 1. The minimum absolute atomic E-state index is 0.428. The number of carbonyl (C=O) groups excluding carboxylic acids is 1. The Kier molecular flexibility index (Phi) is 3.56. The lowest BCUT2D eigenvalue weighted by Crippen LogP contribution is -2.33. The van der Waals surface area contributed by atoms with Crippen molar-refractivity contribution >= 4 is 40.1 Å². The van der Waals surface area contributed by atoms with Gasteiger partial charge < -0.3 is 9.90 Å². The Morgan fingerprint density at radius 3 is 2.71 bits per heavy atom. The molecule has 108 valence electrons. The molecule has 0 radical (unpaired) electrons. The van der Waals surface area contributed by atoms with Gasteiger partial charge in [0.1, 0.15) is 5.03 Å². The SMILES string of the molecule is CSc1csc(-n2c(=O)n(CC(=O)[O-])c3ccccc32)n1. The first-order chi connectivity index (χ1) is 10.1. The van der Waals surface area contributed by atoms with Crippen LogP contribution in [-0.2, 0) is 11.3 Å². The Morgan fingerprint density at radius 1 is 1.38 bits per heavy atom. The minimum Gasteiger partial charge on any atom is -0.548 e. The first-order valence-corrected chi connectivity index (χ1v) is 8.12. The normalized spacial score (nSPS) is 11.1. The fourth-order valence-electron chi connectivity index (χ4n) is 2.12. The molecule has 0 aliphatic carbocycles. The molecule has 6 nitrogen and oxygen atoms in total. The maximum atomic E-state index is 12.5. The number of aliphatic carboxylic acids is 1. The third kappa shape index (κ3) is 2.36. The lowest BCUT2D eigenvalue weighted by atomic mass is 10.3. The first-order valence-electron chi connectivity index (χ1n) is 6.02. The van der Waals surface area contributed by atoms with Crippen LogP contribution >= 0.6 is 23.1 Å². The molecule has 3 rings (SSSR count). The van der Waals surface area contributed by atoms with Gasteiger partial charge in [0.05, 0.1) is 23.5 Å². The number of nitrogens with zero attached hydrogens (tertiary/aromatic N) is 3. The van der Waals surface area contributed by atoms with Crippen LogP contribution in [-0.4, -0.2) is 26.3 Å². The van der Waals surface area contributed by atoms with Crippen molar-refractivity contribution in [3.63, 3.8) is 0 Å². The van der Waals surface area contributed by atoms with Crippen LogP contribution in [0.1, 0.15) is 0 Å². The highest BCUT2D eigenvalue weighted by Gasteiger charge is 2.16. The van der Waals surface area contributed by atoms with E-state index in [2.05, 4.69) is 4.98 Å². The van der Waals surface area contributed by atoms with E-state index < -0.39 is 18.2 Å². The average molecular weight is 320 g/mol. The zero-order chi connectivity index (χ0) is 15.0. The number of carbonyl (C=O) groups is 1. The highest BCUT2D eigenvalue weighted by Crippen LogP contribution is 2.23. The number of hydrogen-bond acceptors (Lipinski definition) is 6. The summed E-state index contributed by atoms with van der Waals surface area (Å²) in [5.41, 5.74) is 0.751. The molecular weight excluding hydrogens is 310 g/mol. The lowest BCUT2D eigenvalue weighted by Gasteiger charge is -2.02. The third-order valence-electron chi connectivity index (χ3n) is 2.99. The molecule has 0 N–H and O–H groups in total. The summed E-state index contributed by atoms with van der Waals surface area (Å²) in [5.74, 6) is -1.30. The van der Waals surface area contributed by atoms with Crippen molar-refractivity contribution in [2.75, 3.05) is 6.26 Å². The van der Waals surface area contributed by atoms with E-state index in [9.17, 15) is 14.7 Å². The summed E-state index contributed by atoms with van der Waals surface area (Å²) in [6.07, 6.45) is 1.90. The van der Waals surface area contributed by atoms with Gasteiger partial charge in [-0.15, -0.1) is 23.1 Å². The molecule has 21 heavy (non-hydrogen) atoms. The largest absolute Gasteiger partial charge is 0.548 e. The van der Waals surface area contributed by atoms with Gasteiger partial charge in [0.2, 0.25) is 0 Å². The Morgan fingerprint density at radius 2 is 2.10 bits per heavy atom. The number of fused-ring (bicyclic) bond motifs is 1. The summed E-state index contributed by atoms with van der Waals surface area (Å²) in [6.45, 7) is -0.479. The van der Waals surface area contributed by atoms with Crippen molar-refractivity contribution < 1.29 is 9.90 Å². The molecule has 1 aromatic carbocycles. The van der Waals surface area contributed by atoms with Crippen LogP contribution in [0, 0.1) is 0 Å². The maximum absolute atomic E-state index is 12.5. The molecule has 0 aliphatic heterocycles. The van der Waals surface area contributed by atoms with E-state index >= 15 is 0 Å². The Hall–Kier alpha value is -2.06. The van der Waals surface area contributed by atoms with E-state index in [4.69, 9.17) is 0 Å². The summed E-state index contributed by atoms with van der Waals surface area (Å²) in [7, 11) is 0. The van der Waals surface area contributed by atoms with Gasteiger partial charge in [-0.1, -0.05) is 12.1 Å². The van der Waals surface area contributed by atoms with Crippen LogP contribution in [0.3, 0.4) is 0 Å². The molecular formula is C13H10N3O3S2-. The molecule has 0 saturated heterocycles. The van der Waals surface area contributed by atoms with Crippen LogP contribution in [0.15, 0.2) is 39.5 Å². The van der Waals surface area contributed by atoms with Crippen molar-refractivity contribution in [1.82, 2.24) is 14.1 Å². The highest BCUT2D eigenvalue weighted by atomic mass is 32.2. The van der Waals surface area contributed by atoms with Gasteiger partial charge in [0.15, 0.2) is 5.13 Å². The van der Waals surface area contributed by atoms with Crippen molar-refractivity contribution in [1.29, 1.82) is 0 Å². The fraction of sp³-hybridized carbons (Fsp3) is 0.154. The number of imidazole rings is 1. The summed E-state index contributed by atoms with van der Waals surface area (Å²) in [6, 6.07) is 7.03. The predicted octanol–water partition coefficient (Wildman–Crippen LogP) is 0.720. The molecule has 8 heteroatoms. The lowest BCUT2D eigenvalue weighted by molar-refractivity contribution is -0.306. The zero-order valence-electron chi connectivity index (χ0n) is 11.0. The van der Waals surface area contributed by atoms with Gasteiger partial charge in [0, 0.05) is 5.38 Å². The van der Waals surface area contributed by atoms with E-state index in [0.717, 1.165) is 5.03 Å². The van der Waals surface area contributed by atoms with E-state index in [-0.39, 0.29) is 0 Å². The molecule has 0 unspecified atom stereocenters. The summed E-state index contributed by atoms with van der Waals surface area (Å²) >= 11 is 2.83. The van der Waals surface area contributed by atoms with E-state index in [1.54, 1.807) is 24.3 Å². The van der Waals surface area contributed by atoms with Crippen LogP contribution in [0.4, 0.5) is 0 Å². The molecule has 0 atom stereocenters. The van der Waals surface area contributed by atoms with Gasteiger partial charge in [0.25, 0.3) is 0 Å². The number of thiazole rings is 1. The second-order valence-corrected chi connectivity index (χ2v) is 5.90. The summed E-state index contributed by atoms with van der Waals surface area (Å²) in [5, 5.41) is 14.1. The molecule has 0 fully saturated rings. The van der Waals surface area contributed by atoms with Crippen molar-refractivity contribution in [3.05, 3.63) is 40.1 Å². The minimum atomic E-state index is -1.30. The second kappa shape index (κ2) is 5.38. The Bertz CT molecular complexity index is 878. The molecule has 0 aliphatic rings. The van der Waals surface area contributed by atoms with Crippen molar-refractivity contribution in [3.8, 4) is 5.13 Å². The topological polar surface area (TPSA) is 80.0 Å². The van der Waals surface area contributed by atoms with Gasteiger partial charge in [-0.05, 0) is 18.4 Å². The summed E-state index contributed by atoms with van der Waals surface area (Å²) in [4.78, 5) is 27.8. The van der Waals surface area contributed by atoms with Crippen LogP contribution < -0.4 is 10.8 Å². The fourth-order valence-corrected chi connectivity index (χ4v) is 3.58. The Balaban J connectivity index is 2.29. The quantitative estimate of drug-likeness (QED) is 0.662. The second-order valence-electron chi connectivity index (χ2n) is 4.24. The van der Waals surface area contributed by atoms with Gasteiger partial charge >= 0.3 is 5.69 Å². The summed E-state index contributed by atoms with van der Waals surface area (Å²) < 4.78 is 2.62. The highest BCUT2D eigenvalue weighted by molar-refractivity contribution is 7.98. The van der Waals surface area contributed by atoms with Gasteiger partial charge in [-0.3, -0.25) is 4.57 Å². The molecule has 3 aromatic rings. The van der Waals surface area contributed by atoms with E-state index in [1.807, 2.05) is 11.6 Å². The van der Waals surface area contributed by atoms with Crippen molar-refractivity contribution in [2.45, 2.75) is 11.6 Å². The van der Waals surface area contributed by atoms with Gasteiger partial charge in [-0.25, -0.2) is 14.3 Å². The predicted molar refractivity (Wildman–Crippen MR) is 80.0 cm³/mol. The van der Waals surface area contributed by atoms with E-state index in [1.165, 1.54) is 32.2 Å².